The SMILES string of the molecule is Cn1c(C(=O)N2C[C@@H]3C[C@H]2C(=O)NCCCCN=Cc2c(N)cccc2-c2cccc(c2)O3)cnc1-c1ccc(F)cc1F. The van der Waals surface area contributed by atoms with Crippen molar-refractivity contribution in [3.05, 3.63) is 89.8 Å². The molecule has 1 aromatic heterocycles. The van der Waals surface area contributed by atoms with Crippen LogP contribution in [0.15, 0.2) is 71.9 Å². The van der Waals surface area contributed by atoms with Crippen molar-refractivity contribution in [2.75, 3.05) is 25.4 Å². The molecule has 9 nitrogen and oxygen atoms in total. The molecule has 0 radical (unpaired) electrons. The fraction of sp³-hybridized carbons (Fsp3) is 0.273. The van der Waals surface area contributed by atoms with Gasteiger partial charge in [0.25, 0.3) is 5.91 Å². The molecule has 1 saturated heterocycles. The number of ether oxygens (including phenoxy) is 1. The van der Waals surface area contributed by atoms with E-state index in [0.717, 1.165) is 35.2 Å². The molecular weight excluding hydrogens is 566 g/mol. The van der Waals surface area contributed by atoms with E-state index in [1.165, 1.54) is 21.7 Å². The average Bonchev–Trinajstić information content (AvgIpc) is 3.60. The van der Waals surface area contributed by atoms with E-state index in [1.807, 2.05) is 42.5 Å². The fourth-order valence-electron chi connectivity index (χ4n) is 5.75. The van der Waals surface area contributed by atoms with Gasteiger partial charge in [-0.15, -0.1) is 0 Å². The van der Waals surface area contributed by atoms with Gasteiger partial charge in [0.1, 0.15) is 41.0 Å². The minimum absolute atomic E-state index is 0.0607. The second-order valence-electron chi connectivity index (χ2n) is 11.0. The van der Waals surface area contributed by atoms with Crippen molar-refractivity contribution in [1.82, 2.24) is 19.8 Å². The molecule has 0 aliphatic carbocycles. The Morgan fingerprint density at radius 3 is 2.75 bits per heavy atom. The molecule has 226 valence electrons. The number of hydrogen-bond donors (Lipinski definition) is 2. The van der Waals surface area contributed by atoms with Crippen LogP contribution < -0.4 is 15.8 Å². The summed E-state index contributed by atoms with van der Waals surface area (Å²) in [4.78, 5) is 37.6. The Morgan fingerprint density at radius 2 is 1.91 bits per heavy atom. The van der Waals surface area contributed by atoms with Crippen LogP contribution in [-0.2, 0) is 11.8 Å². The Morgan fingerprint density at radius 1 is 1.07 bits per heavy atom. The average molecular weight is 599 g/mol. The van der Waals surface area contributed by atoms with Gasteiger partial charge in [-0.1, -0.05) is 24.3 Å². The number of nitrogens with one attached hydrogen (secondary N) is 1. The van der Waals surface area contributed by atoms with Crippen LogP contribution in [0.4, 0.5) is 14.5 Å². The molecule has 44 heavy (non-hydrogen) atoms. The highest BCUT2D eigenvalue weighted by atomic mass is 19.1. The van der Waals surface area contributed by atoms with Crippen LogP contribution in [0, 0.1) is 11.6 Å². The number of aromatic nitrogens is 2. The van der Waals surface area contributed by atoms with E-state index < -0.39 is 29.7 Å². The van der Waals surface area contributed by atoms with E-state index in [4.69, 9.17) is 10.5 Å². The van der Waals surface area contributed by atoms with Crippen LogP contribution in [0.1, 0.15) is 35.3 Å². The lowest BCUT2D eigenvalue weighted by Crippen LogP contribution is -2.46. The van der Waals surface area contributed by atoms with Gasteiger partial charge >= 0.3 is 0 Å². The standard InChI is InChI=1S/C33H32F2N6O3/c1-40-30(18-39-31(40)25-11-10-21(34)15-27(25)35)33(43)41-19-23-16-29(41)32(42)38-13-3-2-12-37-17-26-24(8-5-9-28(26)36)20-6-4-7-22(14-20)44-23/h4-11,14-15,17-18,23,29H,2-3,12-13,16,19,36H2,1H3,(H,38,42)/t23-,29-/m0/s1. The first kappa shape index (κ1) is 29.0. The highest BCUT2D eigenvalue weighted by Gasteiger charge is 2.42. The molecule has 1 fully saturated rings. The van der Waals surface area contributed by atoms with Crippen LogP contribution in [0.3, 0.4) is 0 Å². The summed E-state index contributed by atoms with van der Waals surface area (Å²) in [5.41, 5.74) is 9.81. The van der Waals surface area contributed by atoms with Crippen molar-refractivity contribution in [2.45, 2.75) is 31.4 Å². The Kier molecular flexibility index (Phi) is 8.10. The molecule has 11 heteroatoms. The normalized spacial score (nSPS) is 18.7. The summed E-state index contributed by atoms with van der Waals surface area (Å²) in [5, 5.41) is 2.96. The van der Waals surface area contributed by atoms with Gasteiger partial charge in [0, 0.05) is 50.1 Å². The van der Waals surface area contributed by atoms with Gasteiger partial charge in [0.15, 0.2) is 0 Å². The predicted molar refractivity (Wildman–Crippen MR) is 163 cm³/mol. The predicted octanol–water partition coefficient (Wildman–Crippen LogP) is 4.61. The highest BCUT2D eigenvalue weighted by Crippen LogP contribution is 2.32. The summed E-state index contributed by atoms with van der Waals surface area (Å²) in [6, 6.07) is 15.7. The Labute approximate surface area is 253 Å². The number of carbonyl (C=O) groups is 2. The Hall–Kier alpha value is -5.06. The largest absolute Gasteiger partial charge is 0.488 e. The monoisotopic (exact) mass is 598 g/mol. The number of benzene rings is 3. The number of likely N-dealkylation sites (tertiary alicyclic amines) is 1. The topological polar surface area (TPSA) is 115 Å². The molecule has 3 N–H and O–H groups in total. The summed E-state index contributed by atoms with van der Waals surface area (Å²) in [6.45, 7) is 1.15. The van der Waals surface area contributed by atoms with Crippen LogP contribution >= 0.6 is 0 Å². The molecular formula is C33H32F2N6O3. The lowest BCUT2D eigenvalue weighted by atomic mass is 9.98. The number of nitrogens with zero attached hydrogens (tertiary/aromatic N) is 4. The number of nitrogen functional groups attached to an aromatic ring is 1. The molecule has 2 amide bonds. The van der Waals surface area contributed by atoms with Crippen molar-refractivity contribution < 1.29 is 23.1 Å². The van der Waals surface area contributed by atoms with Gasteiger partial charge in [0.2, 0.25) is 5.91 Å². The van der Waals surface area contributed by atoms with Crippen LogP contribution in [0.5, 0.6) is 5.75 Å². The second-order valence-corrected chi connectivity index (χ2v) is 11.0. The molecule has 0 saturated carbocycles. The number of imidazole rings is 1. The van der Waals surface area contributed by atoms with E-state index in [9.17, 15) is 18.4 Å². The molecule has 4 bridgehead atoms. The van der Waals surface area contributed by atoms with Crippen molar-refractivity contribution >= 4 is 23.7 Å². The summed E-state index contributed by atoms with van der Waals surface area (Å²) >= 11 is 0. The van der Waals surface area contributed by atoms with E-state index in [0.29, 0.717) is 30.9 Å². The maximum absolute atomic E-state index is 14.5. The first-order valence-corrected chi connectivity index (χ1v) is 14.5. The van der Waals surface area contributed by atoms with Crippen molar-refractivity contribution in [1.29, 1.82) is 0 Å². The molecule has 0 unspecified atom stereocenters. The Balaban J connectivity index is 1.31. The minimum Gasteiger partial charge on any atom is -0.488 e. The summed E-state index contributed by atoms with van der Waals surface area (Å²) < 4.78 is 35.9. The van der Waals surface area contributed by atoms with Crippen LogP contribution in [-0.4, -0.2) is 64.3 Å². The van der Waals surface area contributed by atoms with Gasteiger partial charge < -0.3 is 25.3 Å². The molecule has 3 aromatic carbocycles. The molecule has 6 rings (SSSR count). The van der Waals surface area contributed by atoms with Gasteiger partial charge in [-0.2, -0.15) is 0 Å². The quantitative estimate of drug-likeness (QED) is 0.327. The van der Waals surface area contributed by atoms with E-state index in [1.54, 1.807) is 13.3 Å². The maximum Gasteiger partial charge on any atom is 0.272 e. The van der Waals surface area contributed by atoms with Gasteiger partial charge in [-0.05, 0) is 54.3 Å². The summed E-state index contributed by atoms with van der Waals surface area (Å²) in [6.07, 6.45) is 4.42. The fourth-order valence-corrected chi connectivity index (χ4v) is 5.75. The summed E-state index contributed by atoms with van der Waals surface area (Å²) in [5.74, 6) is -1.47. The Bertz CT molecular complexity index is 1750. The lowest BCUT2D eigenvalue weighted by molar-refractivity contribution is -0.124. The third-order valence-electron chi connectivity index (χ3n) is 8.03. The number of nitrogens with two attached hydrogens (primary N) is 1. The lowest BCUT2D eigenvalue weighted by Gasteiger charge is -2.23. The van der Waals surface area contributed by atoms with Crippen LogP contribution in [0.2, 0.25) is 0 Å². The van der Waals surface area contributed by atoms with Gasteiger partial charge in [-0.25, -0.2) is 13.8 Å². The zero-order valence-corrected chi connectivity index (χ0v) is 24.2. The number of hydrogen-bond acceptors (Lipinski definition) is 6. The van der Waals surface area contributed by atoms with Gasteiger partial charge in [0.05, 0.1) is 18.3 Å². The first-order chi connectivity index (χ1) is 21.3. The third-order valence-corrected chi connectivity index (χ3v) is 8.03. The van der Waals surface area contributed by atoms with Crippen molar-refractivity contribution in [3.8, 4) is 28.3 Å². The van der Waals surface area contributed by atoms with E-state index in [2.05, 4.69) is 15.3 Å². The summed E-state index contributed by atoms with van der Waals surface area (Å²) in [7, 11) is 1.58. The van der Waals surface area contributed by atoms with Crippen molar-refractivity contribution in [3.63, 3.8) is 0 Å². The van der Waals surface area contributed by atoms with E-state index >= 15 is 0 Å². The molecule has 0 spiro atoms. The molecule has 4 aromatic rings. The zero-order valence-electron chi connectivity index (χ0n) is 24.2. The van der Waals surface area contributed by atoms with Crippen molar-refractivity contribution in [2.24, 2.45) is 12.0 Å². The molecule has 3 heterocycles. The number of anilines is 1. The van der Waals surface area contributed by atoms with Crippen LogP contribution in [0.25, 0.3) is 22.5 Å². The number of aliphatic imine (C=N–C) groups is 1. The first-order valence-electron chi connectivity index (χ1n) is 14.5. The third kappa shape index (κ3) is 5.77. The molecule has 2 aliphatic rings. The number of carbonyl (C=O) groups excluding carboxylic acids is 2. The minimum atomic E-state index is -0.789. The second kappa shape index (κ2) is 12.3. The number of fused-ring (bicyclic) bond motifs is 6. The van der Waals surface area contributed by atoms with E-state index in [-0.39, 0.29) is 36.0 Å². The number of halogens is 2. The molecule has 2 atom stereocenters. The zero-order chi connectivity index (χ0) is 30.8. The number of amides is 2. The smallest absolute Gasteiger partial charge is 0.272 e. The molecule has 2 aliphatic heterocycles. The maximum atomic E-state index is 14.5. The highest BCUT2D eigenvalue weighted by molar-refractivity contribution is 5.98. The van der Waals surface area contributed by atoms with Gasteiger partial charge in [-0.3, -0.25) is 14.6 Å². The number of rotatable bonds is 2.